The Morgan fingerprint density at radius 2 is 1.75 bits per heavy atom. The van der Waals surface area contributed by atoms with Crippen molar-refractivity contribution >= 4 is 23.2 Å². The molecule has 0 aliphatic rings. The van der Waals surface area contributed by atoms with Crippen molar-refractivity contribution in [2.45, 2.75) is 12.3 Å². The van der Waals surface area contributed by atoms with Crippen molar-refractivity contribution in [3.8, 4) is 5.75 Å². The molecule has 20 heavy (non-hydrogen) atoms. The summed E-state index contributed by atoms with van der Waals surface area (Å²) in [5.41, 5.74) is 1.97. The van der Waals surface area contributed by atoms with Gasteiger partial charge in [-0.25, -0.2) is 8.78 Å². The smallest absolute Gasteiger partial charge is 0.160 e. The van der Waals surface area contributed by atoms with Crippen LogP contribution < -0.4 is 4.74 Å². The molecule has 0 N–H and O–H groups in total. The lowest BCUT2D eigenvalue weighted by Gasteiger charge is -2.14. The van der Waals surface area contributed by atoms with Crippen molar-refractivity contribution in [3.05, 3.63) is 63.7 Å². The number of halogens is 4. The maximum absolute atomic E-state index is 13.3. The summed E-state index contributed by atoms with van der Waals surface area (Å²) < 4.78 is 31.6. The fourth-order valence-corrected chi connectivity index (χ4v) is 2.54. The van der Waals surface area contributed by atoms with Crippen molar-refractivity contribution in [1.29, 1.82) is 0 Å². The number of rotatable bonds is 3. The van der Waals surface area contributed by atoms with Gasteiger partial charge in [-0.1, -0.05) is 23.7 Å². The molecule has 2 aromatic rings. The van der Waals surface area contributed by atoms with Gasteiger partial charge in [-0.15, -0.1) is 11.6 Å². The van der Waals surface area contributed by atoms with Gasteiger partial charge in [-0.3, -0.25) is 0 Å². The Kier molecular flexibility index (Phi) is 4.51. The molecule has 1 atom stereocenters. The normalized spacial score (nSPS) is 12.3. The molecule has 1 unspecified atom stereocenters. The zero-order valence-electron chi connectivity index (χ0n) is 10.9. The van der Waals surface area contributed by atoms with E-state index in [0.29, 0.717) is 16.9 Å². The molecule has 0 amide bonds. The third-order valence-corrected chi connectivity index (χ3v) is 3.85. The van der Waals surface area contributed by atoms with Crippen molar-refractivity contribution in [2.75, 3.05) is 7.11 Å². The van der Waals surface area contributed by atoms with Crippen LogP contribution in [0.4, 0.5) is 8.78 Å². The molecule has 106 valence electrons. The van der Waals surface area contributed by atoms with E-state index in [4.69, 9.17) is 27.9 Å². The second kappa shape index (κ2) is 5.98. The van der Waals surface area contributed by atoms with E-state index in [-0.39, 0.29) is 5.02 Å². The summed E-state index contributed by atoms with van der Waals surface area (Å²) in [4.78, 5) is 0. The molecule has 0 saturated carbocycles. The number of hydrogen-bond acceptors (Lipinski definition) is 1. The third kappa shape index (κ3) is 2.89. The molecule has 0 aliphatic carbocycles. The molecule has 2 rings (SSSR count). The van der Waals surface area contributed by atoms with Gasteiger partial charge >= 0.3 is 0 Å². The molecular weight excluding hydrogens is 305 g/mol. The first-order valence-corrected chi connectivity index (χ1v) is 6.68. The van der Waals surface area contributed by atoms with Gasteiger partial charge in [0.2, 0.25) is 0 Å². The van der Waals surface area contributed by atoms with Crippen LogP contribution >= 0.6 is 23.2 Å². The Morgan fingerprint density at radius 1 is 1.10 bits per heavy atom. The van der Waals surface area contributed by atoms with Crippen LogP contribution in [0.5, 0.6) is 5.75 Å². The van der Waals surface area contributed by atoms with Gasteiger partial charge in [0.05, 0.1) is 12.5 Å². The molecule has 0 aromatic heterocycles. The van der Waals surface area contributed by atoms with Gasteiger partial charge in [0.15, 0.2) is 11.6 Å². The molecule has 5 heteroatoms. The van der Waals surface area contributed by atoms with Crippen LogP contribution in [0, 0.1) is 18.6 Å². The molecule has 0 saturated heterocycles. The first-order chi connectivity index (χ1) is 9.43. The summed E-state index contributed by atoms with van der Waals surface area (Å²) in [5, 5.41) is -0.601. The van der Waals surface area contributed by atoms with Crippen LogP contribution in [0.3, 0.4) is 0 Å². The Hall–Kier alpha value is -1.32. The minimum Gasteiger partial charge on any atom is -0.496 e. The largest absolute Gasteiger partial charge is 0.496 e. The molecule has 1 nitrogen and oxygen atoms in total. The highest BCUT2D eigenvalue weighted by molar-refractivity contribution is 6.33. The summed E-state index contributed by atoms with van der Waals surface area (Å²) in [6, 6.07) is 7.34. The highest BCUT2D eigenvalue weighted by atomic mass is 35.5. The summed E-state index contributed by atoms with van der Waals surface area (Å²) in [5.74, 6) is -1.30. The highest BCUT2D eigenvalue weighted by Gasteiger charge is 2.18. The van der Waals surface area contributed by atoms with Crippen LogP contribution in [0.1, 0.15) is 22.1 Å². The Labute approximate surface area is 126 Å². The fourth-order valence-electron chi connectivity index (χ4n) is 1.91. The van der Waals surface area contributed by atoms with Crippen LogP contribution in [0.15, 0.2) is 30.3 Å². The predicted molar refractivity (Wildman–Crippen MR) is 76.8 cm³/mol. The maximum atomic E-state index is 13.3. The van der Waals surface area contributed by atoms with Gasteiger partial charge in [0.25, 0.3) is 0 Å². The van der Waals surface area contributed by atoms with E-state index in [2.05, 4.69) is 0 Å². The second-order valence-corrected chi connectivity index (χ2v) is 5.22. The quantitative estimate of drug-likeness (QED) is 0.554. The van der Waals surface area contributed by atoms with Gasteiger partial charge in [0, 0.05) is 5.02 Å². The number of ether oxygens (including phenoxy) is 1. The van der Waals surface area contributed by atoms with E-state index in [1.807, 2.05) is 13.0 Å². The molecule has 0 bridgehead atoms. The van der Waals surface area contributed by atoms with E-state index >= 15 is 0 Å². The SMILES string of the molecule is COc1cc(C(Cl)c2cc(F)c(F)cc2Cl)ccc1C. The van der Waals surface area contributed by atoms with Crippen molar-refractivity contribution in [3.63, 3.8) is 0 Å². The maximum Gasteiger partial charge on any atom is 0.160 e. The molecule has 2 aromatic carbocycles. The predicted octanol–water partition coefficient (Wildman–Crippen LogP) is 5.26. The van der Waals surface area contributed by atoms with Crippen molar-refractivity contribution in [1.82, 2.24) is 0 Å². The monoisotopic (exact) mass is 316 g/mol. The molecule has 0 radical (unpaired) electrons. The second-order valence-electron chi connectivity index (χ2n) is 4.38. The summed E-state index contributed by atoms with van der Waals surface area (Å²) in [7, 11) is 1.56. The molecule has 0 spiro atoms. The first kappa shape index (κ1) is 15.1. The van der Waals surface area contributed by atoms with E-state index in [9.17, 15) is 8.78 Å². The fraction of sp³-hybridized carbons (Fsp3) is 0.200. The summed E-state index contributed by atoms with van der Waals surface area (Å²) >= 11 is 12.2. The first-order valence-electron chi connectivity index (χ1n) is 5.87. The minimum atomic E-state index is -0.996. The lowest BCUT2D eigenvalue weighted by molar-refractivity contribution is 0.411. The lowest BCUT2D eigenvalue weighted by Crippen LogP contribution is -1.99. The van der Waals surface area contributed by atoms with Crippen LogP contribution in [0.25, 0.3) is 0 Å². The summed E-state index contributed by atoms with van der Waals surface area (Å²) in [6.45, 7) is 1.90. The van der Waals surface area contributed by atoms with Crippen LogP contribution in [-0.4, -0.2) is 7.11 Å². The molecule has 0 aliphatic heterocycles. The number of methoxy groups -OCH3 is 1. The van der Waals surface area contributed by atoms with Crippen molar-refractivity contribution < 1.29 is 13.5 Å². The molecular formula is C15H12Cl2F2O. The highest BCUT2D eigenvalue weighted by Crippen LogP contribution is 2.36. The Balaban J connectivity index is 2.46. The third-order valence-electron chi connectivity index (χ3n) is 3.04. The lowest BCUT2D eigenvalue weighted by atomic mass is 10.0. The standard InChI is InChI=1S/C15H12Cl2F2O/c1-8-3-4-9(5-14(8)20-2)15(17)10-6-12(18)13(19)7-11(10)16/h3-7,15H,1-2H3. The van der Waals surface area contributed by atoms with E-state index in [0.717, 1.165) is 17.7 Å². The average molecular weight is 317 g/mol. The zero-order chi connectivity index (χ0) is 14.9. The van der Waals surface area contributed by atoms with Gasteiger partial charge in [-0.05, 0) is 41.8 Å². The van der Waals surface area contributed by atoms with E-state index < -0.39 is 17.0 Å². The molecule has 0 fully saturated rings. The van der Waals surface area contributed by atoms with Crippen LogP contribution in [0.2, 0.25) is 5.02 Å². The van der Waals surface area contributed by atoms with E-state index in [1.165, 1.54) is 0 Å². The molecule has 0 heterocycles. The van der Waals surface area contributed by atoms with Gasteiger partial charge in [-0.2, -0.15) is 0 Å². The Bertz CT molecular complexity index is 644. The van der Waals surface area contributed by atoms with E-state index in [1.54, 1.807) is 19.2 Å². The number of benzene rings is 2. The van der Waals surface area contributed by atoms with Crippen LogP contribution in [-0.2, 0) is 0 Å². The number of hydrogen-bond donors (Lipinski definition) is 0. The average Bonchev–Trinajstić information content (AvgIpc) is 2.42. The van der Waals surface area contributed by atoms with Gasteiger partial charge < -0.3 is 4.74 Å². The topological polar surface area (TPSA) is 9.23 Å². The van der Waals surface area contributed by atoms with Crippen molar-refractivity contribution in [2.24, 2.45) is 0 Å². The summed E-state index contributed by atoms with van der Waals surface area (Å²) in [6.07, 6.45) is 0. The minimum absolute atomic E-state index is 0.0865. The Morgan fingerprint density at radius 3 is 2.40 bits per heavy atom. The van der Waals surface area contributed by atoms with Gasteiger partial charge in [0.1, 0.15) is 5.75 Å². The number of alkyl halides is 1. The number of aryl methyl sites for hydroxylation is 1. The zero-order valence-corrected chi connectivity index (χ0v) is 12.4.